The fourth-order valence-corrected chi connectivity index (χ4v) is 3.89. The summed E-state index contributed by atoms with van der Waals surface area (Å²) in [5, 5.41) is 19.9. The fourth-order valence-electron chi connectivity index (χ4n) is 3.24. The zero-order valence-electron chi connectivity index (χ0n) is 17.5. The highest BCUT2D eigenvalue weighted by molar-refractivity contribution is 7.09. The second-order valence-electron chi connectivity index (χ2n) is 7.29. The van der Waals surface area contributed by atoms with Gasteiger partial charge in [0.15, 0.2) is 11.8 Å². The second-order valence-corrected chi connectivity index (χ2v) is 8.33. The Morgan fingerprint density at radius 3 is 2.67 bits per heavy atom. The first kappa shape index (κ1) is 20.1. The van der Waals surface area contributed by atoms with E-state index in [1.165, 1.54) is 21.2 Å². The molecule has 4 rings (SSSR count). The molecule has 1 unspecified atom stereocenters. The van der Waals surface area contributed by atoms with Gasteiger partial charge in [-0.3, -0.25) is 0 Å². The Bertz CT molecular complexity index is 1150. The molecule has 6 nitrogen and oxygen atoms in total. The molecule has 4 aromatic rings. The molecule has 0 saturated heterocycles. The number of hydrogen-bond acceptors (Lipinski definition) is 4. The molecule has 0 aliphatic rings. The third-order valence-electron chi connectivity index (χ3n) is 5.20. The third-order valence-corrected chi connectivity index (χ3v) is 6.07. The lowest BCUT2D eigenvalue weighted by atomic mass is 10.0. The molecular formula is C23H26N6S. The first-order valence-electron chi connectivity index (χ1n) is 10.0. The van der Waals surface area contributed by atoms with Gasteiger partial charge in [0, 0.05) is 11.9 Å². The smallest absolute Gasteiger partial charge is 0.192 e. The number of aryl methyl sites for hydroxylation is 1. The van der Waals surface area contributed by atoms with E-state index in [2.05, 4.69) is 87.7 Å². The van der Waals surface area contributed by atoms with Gasteiger partial charge in [-0.1, -0.05) is 42.5 Å². The van der Waals surface area contributed by atoms with Crippen LogP contribution in [-0.2, 0) is 20.1 Å². The average molecular weight is 419 g/mol. The van der Waals surface area contributed by atoms with Crippen LogP contribution in [0.4, 0.5) is 0 Å². The van der Waals surface area contributed by atoms with Crippen LogP contribution < -0.4 is 10.6 Å². The van der Waals surface area contributed by atoms with Gasteiger partial charge in [-0.15, -0.1) is 21.5 Å². The van der Waals surface area contributed by atoms with Crippen molar-refractivity contribution in [2.75, 3.05) is 0 Å². The van der Waals surface area contributed by atoms with E-state index in [-0.39, 0.29) is 6.04 Å². The Morgan fingerprint density at radius 2 is 1.93 bits per heavy atom. The normalized spacial score (nSPS) is 12.8. The van der Waals surface area contributed by atoms with Crippen molar-refractivity contribution < 1.29 is 0 Å². The van der Waals surface area contributed by atoms with Gasteiger partial charge in [0.1, 0.15) is 12.4 Å². The maximum atomic E-state index is 4.77. The highest BCUT2D eigenvalue weighted by Gasteiger charge is 2.11. The molecule has 1 atom stereocenters. The van der Waals surface area contributed by atoms with E-state index in [1.54, 1.807) is 11.3 Å². The Hall–Kier alpha value is -3.19. The minimum absolute atomic E-state index is 0.102. The Morgan fingerprint density at radius 1 is 1.10 bits per heavy atom. The Labute approximate surface area is 180 Å². The topological polar surface area (TPSA) is 67.1 Å². The summed E-state index contributed by atoms with van der Waals surface area (Å²) >= 11 is 1.73. The molecule has 0 bridgehead atoms. The van der Waals surface area contributed by atoms with Crippen LogP contribution in [-0.4, -0.2) is 20.7 Å². The SMILES string of the molecule is Cc1nnc(CN=C(NCc2cccs2)NC(C)c2ccc3ccccc3c2)n1C. The number of rotatable bonds is 6. The van der Waals surface area contributed by atoms with Crippen LogP contribution in [0.2, 0.25) is 0 Å². The zero-order valence-corrected chi connectivity index (χ0v) is 18.3. The van der Waals surface area contributed by atoms with Crippen molar-refractivity contribution in [3.05, 3.63) is 82.1 Å². The molecule has 30 heavy (non-hydrogen) atoms. The number of thiophene rings is 1. The molecule has 0 radical (unpaired) electrons. The summed E-state index contributed by atoms with van der Waals surface area (Å²) in [7, 11) is 1.96. The molecule has 0 saturated carbocycles. The number of guanidine groups is 1. The predicted molar refractivity (Wildman–Crippen MR) is 124 cm³/mol. The first-order valence-corrected chi connectivity index (χ1v) is 10.9. The van der Waals surface area contributed by atoms with Crippen LogP contribution in [0.3, 0.4) is 0 Å². The summed E-state index contributed by atoms with van der Waals surface area (Å²) in [5.74, 6) is 2.47. The van der Waals surface area contributed by atoms with E-state index in [0.29, 0.717) is 6.54 Å². The summed E-state index contributed by atoms with van der Waals surface area (Å²) in [5.41, 5.74) is 1.22. The molecule has 154 valence electrons. The Balaban J connectivity index is 1.52. The average Bonchev–Trinajstić information content (AvgIpc) is 3.40. The summed E-state index contributed by atoms with van der Waals surface area (Å²) in [4.78, 5) is 6.03. The van der Waals surface area contributed by atoms with Crippen molar-refractivity contribution in [1.29, 1.82) is 0 Å². The summed E-state index contributed by atoms with van der Waals surface area (Å²) in [6, 6.07) is 19.3. The van der Waals surface area contributed by atoms with Crippen molar-refractivity contribution >= 4 is 28.1 Å². The van der Waals surface area contributed by atoms with Crippen LogP contribution in [0.25, 0.3) is 10.8 Å². The van der Waals surface area contributed by atoms with E-state index >= 15 is 0 Å². The van der Waals surface area contributed by atoms with E-state index in [0.717, 1.165) is 24.2 Å². The van der Waals surface area contributed by atoms with Crippen LogP contribution in [0, 0.1) is 6.92 Å². The lowest BCUT2D eigenvalue weighted by Crippen LogP contribution is -2.38. The lowest BCUT2D eigenvalue weighted by molar-refractivity contribution is 0.678. The molecule has 0 fully saturated rings. The fraction of sp³-hybridized carbons (Fsp3) is 0.261. The molecule has 0 aliphatic heterocycles. The van der Waals surface area contributed by atoms with Gasteiger partial charge in [0.05, 0.1) is 12.6 Å². The maximum absolute atomic E-state index is 4.77. The molecule has 2 heterocycles. The minimum Gasteiger partial charge on any atom is -0.351 e. The van der Waals surface area contributed by atoms with Crippen LogP contribution in [0.5, 0.6) is 0 Å². The van der Waals surface area contributed by atoms with Crippen LogP contribution >= 0.6 is 11.3 Å². The van der Waals surface area contributed by atoms with E-state index < -0.39 is 0 Å². The third kappa shape index (κ3) is 4.68. The largest absolute Gasteiger partial charge is 0.351 e. The van der Waals surface area contributed by atoms with Crippen molar-refractivity contribution in [2.45, 2.75) is 33.0 Å². The Kier molecular flexibility index (Phi) is 6.09. The van der Waals surface area contributed by atoms with Crippen LogP contribution in [0.1, 0.15) is 35.1 Å². The van der Waals surface area contributed by atoms with Crippen molar-refractivity contribution in [1.82, 2.24) is 25.4 Å². The second kappa shape index (κ2) is 9.09. The molecule has 2 aromatic carbocycles. The maximum Gasteiger partial charge on any atom is 0.192 e. The highest BCUT2D eigenvalue weighted by Crippen LogP contribution is 2.20. The molecule has 7 heteroatoms. The number of hydrogen-bond donors (Lipinski definition) is 2. The van der Waals surface area contributed by atoms with Gasteiger partial charge >= 0.3 is 0 Å². The van der Waals surface area contributed by atoms with Gasteiger partial charge in [0.25, 0.3) is 0 Å². The number of fused-ring (bicyclic) bond motifs is 1. The van der Waals surface area contributed by atoms with Gasteiger partial charge < -0.3 is 15.2 Å². The standard InChI is InChI=1S/C23H26N6S/c1-16(19-11-10-18-7-4-5-8-20(18)13-19)26-23(24-14-21-9-6-12-30-21)25-15-22-28-27-17(2)29(22)3/h4-13,16H,14-15H2,1-3H3,(H2,24,25,26). The van der Waals surface area contributed by atoms with Gasteiger partial charge in [-0.2, -0.15) is 0 Å². The summed E-state index contributed by atoms with van der Waals surface area (Å²) in [6.07, 6.45) is 0. The molecule has 0 spiro atoms. The minimum atomic E-state index is 0.102. The first-order chi connectivity index (χ1) is 14.6. The van der Waals surface area contributed by atoms with E-state index in [9.17, 15) is 0 Å². The number of aliphatic imine (C=N–C) groups is 1. The highest BCUT2D eigenvalue weighted by atomic mass is 32.1. The molecular weight excluding hydrogens is 392 g/mol. The monoisotopic (exact) mass is 418 g/mol. The summed E-state index contributed by atoms with van der Waals surface area (Å²) < 4.78 is 1.97. The number of aromatic nitrogens is 3. The van der Waals surface area contributed by atoms with Gasteiger partial charge in [-0.25, -0.2) is 4.99 Å². The molecule has 0 amide bonds. The van der Waals surface area contributed by atoms with E-state index in [4.69, 9.17) is 4.99 Å². The molecule has 2 N–H and O–H groups in total. The number of benzene rings is 2. The lowest BCUT2D eigenvalue weighted by Gasteiger charge is -2.19. The van der Waals surface area contributed by atoms with Crippen molar-refractivity contribution in [3.8, 4) is 0 Å². The summed E-state index contributed by atoms with van der Waals surface area (Å²) in [6.45, 7) is 5.28. The molecule has 2 aromatic heterocycles. The van der Waals surface area contributed by atoms with E-state index in [1.807, 2.05) is 18.5 Å². The van der Waals surface area contributed by atoms with Crippen molar-refractivity contribution in [2.24, 2.45) is 12.0 Å². The molecule has 0 aliphatic carbocycles. The number of nitrogens with one attached hydrogen (secondary N) is 2. The van der Waals surface area contributed by atoms with Crippen molar-refractivity contribution in [3.63, 3.8) is 0 Å². The quantitative estimate of drug-likeness (QED) is 0.361. The van der Waals surface area contributed by atoms with Gasteiger partial charge in [0.2, 0.25) is 0 Å². The predicted octanol–water partition coefficient (Wildman–Crippen LogP) is 4.33. The zero-order chi connectivity index (χ0) is 20.9. The number of nitrogens with zero attached hydrogens (tertiary/aromatic N) is 4. The van der Waals surface area contributed by atoms with Crippen LogP contribution in [0.15, 0.2) is 65.0 Å². The van der Waals surface area contributed by atoms with Gasteiger partial charge in [-0.05, 0) is 47.7 Å².